The summed E-state index contributed by atoms with van der Waals surface area (Å²) in [6.45, 7) is 9.46. The molecule has 0 aliphatic heterocycles. The van der Waals surface area contributed by atoms with E-state index < -0.39 is 0 Å². The van der Waals surface area contributed by atoms with Crippen LogP contribution in [0.5, 0.6) is 5.75 Å². The normalized spacial score (nSPS) is 11.6. The molecule has 0 amide bonds. The van der Waals surface area contributed by atoms with Crippen LogP contribution in [-0.4, -0.2) is 11.0 Å². The smallest absolute Gasteiger partial charge is 0.127 e. The molecule has 1 aromatic carbocycles. The van der Waals surface area contributed by atoms with Crippen molar-refractivity contribution in [3.8, 4) is 16.2 Å². The van der Waals surface area contributed by atoms with Crippen LogP contribution >= 0.6 is 11.5 Å². The number of aromatic nitrogens is 1. The lowest BCUT2D eigenvalue weighted by Crippen LogP contribution is -2.11. The highest BCUT2D eigenvalue weighted by molar-refractivity contribution is 7.09. The van der Waals surface area contributed by atoms with E-state index in [0.29, 0.717) is 5.41 Å². The SMILES string of the molecule is Cc1cc(-c2ccccc2OCCC(C)(C)C)sn1. The van der Waals surface area contributed by atoms with Gasteiger partial charge in [-0.15, -0.1) is 0 Å². The molecule has 2 nitrogen and oxygen atoms in total. The maximum Gasteiger partial charge on any atom is 0.127 e. The van der Waals surface area contributed by atoms with E-state index in [0.717, 1.165) is 30.0 Å². The summed E-state index contributed by atoms with van der Waals surface area (Å²) in [7, 11) is 0. The van der Waals surface area contributed by atoms with Crippen LogP contribution in [-0.2, 0) is 0 Å². The molecule has 0 fully saturated rings. The van der Waals surface area contributed by atoms with Gasteiger partial charge in [-0.2, -0.15) is 4.37 Å². The Bertz CT molecular complexity index is 540. The van der Waals surface area contributed by atoms with Gasteiger partial charge in [0.2, 0.25) is 0 Å². The average molecular weight is 275 g/mol. The lowest BCUT2D eigenvalue weighted by molar-refractivity contribution is 0.244. The summed E-state index contributed by atoms with van der Waals surface area (Å²) in [5, 5.41) is 0. The van der Waals surface area contributed by atoms with Gasteiger partial charge in [-0.25, -0.2) is 0 Å². The van der Waals surface area contributed by atoms with E-state index in [9.17, 15) is 0 Å². The quantitative estimate of drug-likeness (QED) is 0.789. The lowest BCUT2D eigenvalue weighted by atomic mass is 9.93. The van der Waals surface area contributed by atoms with Crippen molar-refractivity contribution < 1.29 is 4.74 Å². The number of ether oxygens (including phenoxy) is 1. The van der Waals surface area contributed by atoms with Crippen LogP contribution in [0.3, 0.4) is 0 Å². The number of para-hydroxylation sites is 1. The molecule has 3 heteroatoms. The molecule has 0 spiro atoms. The van der Waals surface area contributed by atoms with Crippen LogP contribution < -0.4 is 4.74 Å². The van der Waals surface area contributed by atoms with Gasteiger partial charge in [0, 0.05) is 5.56 Å². The Kier molecular flexibility index (Phi) is 4.25. The van der Waals surface area contributed by atoms with Crippen LogP contribution in [0.2, 0.25) is 0 Å². The second-order valence-electron chi connectivity index (χ2n) is 5.99. The summed E-state index contributed by atoms with van der Waals surface area (Å²) in [4.78, 5) is 1.17. The van der Waals surface area contributed by atoms with Crippen LogP contribution in [0.1, 0.15) is 32.9 Å². The van der Waals surface area contributed by atoms with Gasteiger partial charge in [0.05, 0.1) is 17.2 Å². The van der Waals surface area contributed by atoms with Crippen molar-refractivity contribution in [2.75, 3.05) is 6.61 Å². The molecule has 102 valence electrons. The fourth-order valence-corrected chi connectivity index (χ4v) is 2.54. The summed E-state index contributed by atoms with van der Waals surface area (Å²) in [6, 6.07) is 10.3. The minimum Gasteiger partial charge on any atom is -0.493 e. The third-order valence-electron chi connectivity index (χ3n) is 2.89. The molecule has 0 saturated carbocycles. The monoisotopic (exact) mass is 275 g/mol. The summed E-state index contributed by atoms with van der Waals surface area (Å²) < 4.78 is 10.3. The standard InChI is InChI=1S/C16H21NOS/c1-12-11-15(19-17-12)13-7-5-6-8-14(13)18-10-9-16(2,3)4/h5-8,11H,9-10H2,1-4H3. The van der Waals surface area contributed by atoms with Crippen molar-refractivity contribution in [3.63, 3.8) is 0 Å². The molecule has 0 unspecified atom stereocenters. The van der Waals surface area contributed by atoms with Crippen molar-refractivity contribution in [2.24, 2.45) is 5.41 Å². The zero-order valence-corrected chi connectivity index (χ0v) is 12.9. The first-order valence-electron chi connectivity index (χ1n) is 6.61. The van der Waals surface area contributed by atoms with Gasteiger partial charge in [-0.3, -0.25) is 0 Å². The van der Waals surface area contributed by atoms with Crippen LogP contribution in [0.25, 0.3) is 10.4 Å². The van der Waals surface area contributed by atoms with E-state index in [1.807, 2.05) is 25.1 Å². The van der Waals surface area contributed by atoms with Gasteiger partial charge in [0.15, 0.2) is 0 Å². The molecule has 1 aromatic heterocycles. The summed E-state index contributed by atoms with van der Waals surface area (Å²) >= 11 is 1.53. The molecular weight excluding hydrogens is 254 g/mol. The average Bonchev–Trinajstić information content (AvgIpc) is 2.75. The van der Waals surface area contributed by atoms with Crippen LogP contribution in [0.4, 0.5) is 0 Å². The Labute approximate surface area is 119 Å². The predicted molar refractivity (Wildman–Crippen MR) is 81.9 cm³/mol. The molecule has 1 heterocycles. The first-order chi connectivity index (χ1) is 8.96. The number of rotatable bonds is 4. The van der Waals surface area contributed by atoms with Gasteiger partial charge in [0.25, 0.3) is 0 Å². The van der Waals surface area contributed by atoms with Gasteiger partial charge in [-0.05, 0) is 48.5 Å². The Morgan fingerprint density at radius 3 is 2.58 bits per heavy atom. The minimum absolute atomic E-state index is 0.302. The molecule has 0 N–H and O–H groups in total. The number of hydrogen-bond acceptors (Lipinski definition) is 3. The molecule has 0 radical (unpaired) electrons. The largest absolute Gasteiger partial charge is 0.493 e. The molecule has 2 rings (SSSR count). The summed E-state index contributed by atoms with van der Waals surface area (Å²) in [5.41, 5.74) is 2.50. The lowest BCUT2D eigenvalue weighted by Gasteiger charge is -2.18. The molecule has 0 aliphatic carbocycles. The topological polar surface area (TPSA) is 22.1 Å². The van der Waals surface area contributed by atoms with Gasteiger partial charge in [0.1, 0.15) is 5.75 Å². The molecule has 0 atom stereocenters. The zero-order chi connectivity index (χ0) is 13.9. The number of benzene rings is 1. The maximum absolute atomic E-state index is 5.96. The Balaban J connectivity index is 2.13. The van der Waals surface area contributed by atoms with E-state index in [1.165, 1.54) is 16.4 Å². The first kappa shape index (κ1) is 14.1. The van der Waals surface area contributed by atoms with E-state index in [4.69, 9.17) is 4.74 Å². The van der Waals surface area contributed by atoms with Crippen LogP contribution in [0, 0.1) is 12.3 Å². The van der Waals surface area contributed by atoms with Crippen molar-refractivity contribution in [1.82, 2.24) is 4.37 Å². The zero-order valence-electron chi connectivity index (χ0n) is 12.1. The molecular formula is C16H21NOS. The third-order valence-corrected chi connectivity index (χ3v) is 3.80. The number of nitrogens with zero attached hydrogens (tertiary/aromatic N) is 1. The van der Waals surface area contributed by atoms with E-state index >= 15 is 0 Å². The van der Waals surface area contributed by atoms with E-state index in [1.54, 1.807) is 0 Å². The summed E-state index contributed by atoms with van der Waals surface area (Å²) in [5.74, 6) is 0.954. The Hall–Kier alpha value is -1.35. The molecule has 0 saturated heterocycles. The van der Waals surface area contributed by atoms with Gasteiger partial charge in [-0.1, -0.05) is 32.9 Å². The van der Waals surface area contributed by atoms with Crippen LogP contribution in [0.15, 0.2) is 30.3 Å². The van der Waals surface area contributed by atoms with Gasteiger partial charge < -0.3 is 4.74 Å². The van der Waals surface area contributed by atoms with Crippen molar-refractivity contribution >= 4 is 11.5 Å². The van der Waals surface area contributed by atoms with E-state index in [-0.39, 0.29) is 0 Å². The molecule has 0 bridgehead atoms. The highest BCUT2D eigenvalue weighted by Gasteiger charge is 2.12. The number of hydrogen-bond donors (Lipinski definition) is 0. The van der Waals surface area contributed by atoms with Gasteiger partial charge >= 0.3 is 0 Å². The highest BCUT2D eigenvalue weighted by atomic mass is 32.1. The fourth-order valence-electron chi connectivity index (χ4n) is 1.75. The van der Waals surface area contributed by atoms with E-state index in [2.05, 4.69) is 37.3 Å². The Morgan fingerprint density at radius 2 is 1.95 bits per heavy atom. The van der Waals surface area contributed by atoms with Crippen molar-refractivity contribution in [1.29, 1.82) is 0 Å². The highest BCUT2D eigenvalue weighted by Crippen LogP contribution is 2.33. The number of aryl methyl sites for hydroxylation is 1. The minimum atomic E-state index is 0.302. The third kappa shape index (κ3) is 4.06. The maximum atomic E-state index is 5.96. The summed E-state index contributed by atoms with van der Waals surface area (Å²) in [6.07, 6.45) is 1.04. The first-order valence-corrected chi connectivity index (χ1v) is 7.38. The fraction of sp³-hybridized carbons (Fsp3) is 0.438. The molecule has 0 aliphatic rings. The van der Waals surface area contributed by atoms with Crippen molar-refractivity contribution in [3.05, 3.63) is 36.0 Å². The molecule has 2 aromatic rings. The second kappa shape index (κ2) is 5.74. The van der Waals surface area contributed by atoms with Crippen molar-refractivity contribution in [2.45, 2.75) is 34.1 Å². The Morgan fingerprint density at radius 1 is 1.21 bits per heavy atom. The second-order valence-corrected chi connectivity index (χ2v) is 6.79. The molecule has 19 heavy (non-hydrogen) atoms. The predicted octanol–water partition coefficient (Wildman–Crippen LogP) is 4.93.